The van der Waals surface area contributed by atoms with E-state index in [4.69, 9.17) is 0 Å². The molecule has 82 valence electrons. The molecule has 0 atom stereocenters. The summed E-state index contributed by atoms with van der Waals surface area (Å²) >= 11 is 0. The van der Waals surface area contributed by atoms with E-state index in [0.717, 1.165) is 19.6 Å². The highest BCUT2D eigenvalue weighted by molar-refractivity contribution is 5.14. The second-order valence-electron chi connectivity index (χ2n) is 3.85. The van der Waals surface area contributed by atoms with E-state index in [1.54, 1.807) is 0 Å². The molecular weight excluding hydrogens is 184 g/mol. The molecule has 1 N–H and O–H groups in total. The van der Waals surface area contributed by atoms with Crippen molar-refractivity contribution in [2.45, 2.75) is 6.54 Å². The fourth-order valence-electron chi connectivity index (χ4n) is 1.26. The van der Waals surface area contributed by atoms with E-state index >= 15 is 0 Å². The third-order valence-electron chi connectivity index (χ3n) is 2.07. The zero-order valence-electron chi connectivity index (χ0n) is 9.61. The largest absolute Gasteiger partial charge is 0.309 e. The van der Waals surface area contributed by atoms with E-state index in [0.29, 0.717) is 0 Å². The highest BCUT2D eigenvalue weighted by atomic mass is 15.0. The molecule has 0 spiro atoms. The summed E-state index contributed by atoms with van der Waals surface area (Å²) in [7, 11) is 4.14. The summed E-state index contributed by atoms with van der Waals surface area (Å²) in [6, 6.07) is 10.4. The third kappa shape index (κ3) is 6.05. The molecule has 0 aliphatic rings. The predicted molar refractivity (Wildman–Crippen MR) is 65.8 cm³/mol. The monoisotopic (exact) mass is 204 g/mol. The molecule has 0 saturated heterocycles. The summed E-state index contributed by atoms with van der Waals surface area (Å²) in [5.41, 5.74) is 1.33. The molecule has 0 amide bonds. The Labute approximate surface area is 92.6 Å². The lowest BCUT2D eigenvalue weighted by Gasteiger charge is -2.04. The van der Waals surface area contributed by atoms with Gasteiger partial charge in [0.1, 0.15) is 0 Å². The minimum Gasteiger partial charge on any atom is -0.309 e. The SMILES string of the molecule is CN(C)C/C=C\CNCc1ccccc1. The van der Waals surface area contributed by atoms with Gasteiger partial charge in [-0.25, -0.2) is 0 Å². The molecule has 2 heteroatoms. The van der Waals surface area contributed by atoms with Gasteiger partial charge in [0.05, 0.1) is 0 Å². The minimum atomic E-state index is 0.933. The van der Waals surface area contributed by atoms with E-state index < -0.39 is 0 Å². The number of rotatable bonds is 6. The van der Waals surface area contributed by atoms with E-state index in [9.17, 15) is 0 Å². The molecular formula is C13H20N2. The van der Waals surface area contributed by atoms with Crippen molar-refractivity contribution in [3.05, 3.63) is 48.0 Å². The highest BCUT2D eigenvalue weighted by Crippen LogP contribution is 1.96. The molecule has 1 rings (SSSR count). The standard InChI is InChI=1S/C13H20N2/c1-15(2)11-7-6-10-14-12-13-8-4-3-5-9-13/h3-9,14H,10-12H2,1-2H3/b7-6-. The summed E-state index contributed by atoms with van der Waals surface area (Å²) in [5, 5.41) is 3.37. The normalized spacial score (nSPS) is 11.4. The summed E-state index contributed by atoms with van der Waals surface area (Å²) < 4.78 is 0. The Morgan fingerprint density at radius 3 is 2.53 bits per heavy atom. The van der Waals surface area contributed by atoms with Crippen molar-refractivity contribution in [3.63, 3.8) is 0 Å². The highest BCUT2D eigenvalue weighted by Gasteiger charge is 1.88. The molecule has 0 bridgehead atoms. The molecule has 0 aliphatic heterocycles. The Morgan fingerprint density at radius 2 is 1.87 bits per heavy atom. The molecule has 0 fully saturated rings. The van der Waals surface area contributed by atoms with Gasteiger partial charge in [0, 0.05) is 19.6 Å². The minimum absolute atomic E-state index is 0.933. The second-order valence-corrected chi connectivity index (χ2v) is 3.85. The molecule has 0 heterocycles. The molecule has 0 aromatic heterocycles. The van der Waals surface area contributed by atoms with Crippen LogP contribution in [0, 0.1) is 0 Å². The molecule has 0 saturated carbocycles. The zero-order chi connectivity index (χ0) is 10.9. The van der Waals surface area contributed by atoms with E-state index in [1.807, 2.05) is 6.07 Å². The summed E-state index contributed by atoms with van der Waals surface area (Å²) in [6.45, 7) is 2.88. The predicted octanol–water partition coefficient (Wildman–Crippen LogP) is 1.89. The lowest BCUT2D eigenvalue weighted by molar-refractivity contribution is 0.456. The van der Waals surface area contributed by atoms with Crippen molar-refractivity contribution in [3.8, 4) is 0 Å². The number of benzene rings is 1. The first-order chi connectivity index (χ1) is 7.29. The van der Waals surface area contributed by atoms with Crippen LogP contribution in [0.1, 0.15) is 5.56 Å². The Hall–Kier alpha value is -1.12. The van der Waals surface area contributed by atoms with Gasteiger partial charge < -0.3 is 10.2 Å². The maximum Gasteiger partial charge on any atom is 0.0208 e. The van der Waals surface area contributed by atoms with E-state index in [1.165, 1.54) is 5.56 Å². The summed E-state index contributed by atoms with van der Waals surface area (Å²) in [6.07, 6.45) is 4.35. The van der Waals surface area contributed by atoms with Crippen LogP contribution in [0.5, 0.6) is 0 Å². The number of hydrogen-bond donors (Lipinski definition) is 1. The molecule has 15 heavy (non-hydrogen) atoms. The fourth-order valence-corrected chi connectivity index (χ4v) is 1.26. The van der Waals surface area contributed by atoms with Gasteiger partial charge in [-0.1, -0.05) is 42.5 Å². The maximum absolute atomic E-state index is 3.37. The van der Waals surface area contributed by atoms with Crippen molar-refractivity contribution in [2.75, 3.05) is 27.2 Å². The average molecular weight is 204 g/mol. The Bertz CT molecular complexity index is 278. The first kappa shape index (κ1) is 12.0. The van der Waals surface area contributed by atoms with Gasteiger partial charge in [-0.3, -0.25) is 0 Å². The van der Waals surface area contributed by atoms with E-state index in [2.05, 4.69) is 60.7 Å². The van der Waals surface area contributed by atoms with Crippen LogP contribution in [0.2, 0.25) is 0 Å². The molecule has 0 radical (unpaired) electrons. The fraction of sp³-hybridized carbons (Fsp3) is 0.385. The number of nitrogens with zero attached hydrogens (tertiary/aromatic N) is 1. The molecule has 2 nitrogen and oxygen atoms in total. The van der Waals surface area contributed by atoms with Gasteiger partial charge in [0.2, 0.25) is 0 Å². The van der Waals surface area contributed by atoms with Crippen LogP contribution in [0.3, 0.4) is 0 Å². The van der Waals surface area contributed by atoms with Crippen LogP contribution in [0.25, 0.3) is 0 Å². The van der Waals surface area contributed by atoms with E-state index in [-0.39, 0.29) is 0 Å². The average Bonchev–Trinajstić information content (AvgIpc) is 2.24. The third-order valence-corrected chi connectivity index (χ3v) is 2.07. The van der Waals surface area contributed by atoms with Crippen LogP contribution in [0.4, 0.5) is 0 Å². The molecule has 1 aromatic carbocycles. The van der Waals surface area contributed by atoms with Crippen molar-refractivity contribution in [2.24, 2.45) is 0 Å². The summed E-state index contributed by atoms with van der Waals surface area (Å²) in [5.74, 6) is 0. The number of hydrogen-bond acceptors (Lipinski definition) is 2. The smallest absolute Gasteiger partial charge is 0.0208 e. The van der Waals surface area contributed by atoms with Gasteiger partial charge in [-0.15, -0.1) is 0 Å². The van der Waals surface area contributed by atoms with Gasteiger partial charge in [-0.2, -0.15) is 0 Å². The lowest BCUT2D eigenvalue weighted by atomic mass is 10.2. The van der Waals surface area contributed by atoms with Gasteiger partial charge >= 0.3 is 0 Å². The first-order valence-corrected chi connectivity index (χ1v) is 5.33. The van der Waals surface area contributed by atoms with Crippen LogP contribution in [0.15, 0.2) is 42.5 Å². The van der Waals surface area contributed by atoms with Gasteiger partial charge in [-0.05, 0) is 19.7 Å². The first-order valence-electron chi connectivity index (χ1n) is 5.33. The quantitative estimate of drug-likeness (QED) is 0.562. The zero-order valence-corrected chi connectivity index (χ0v) is 9.61. The summed E-state index contributed by atoms with van der Waals surface area (Å²) in [4.78, 5) is 2.15. The van der Waals surface area contributed by atoms with Crippen LogP contribution >= 0.6 is 0 Å². The van der Waals surface area contributed by atoms with Crippen molar-refractivity contribution in [1.82, 2.24) is 10.2 Å². The lowest BCUT2D eigenvalue weighted by Crippen LogP contribution is -2.14. The van der Waals surface area contributed by atoms with Crippen molar-refractivity contribution >= 4 is 0 Å². The Morgan fingerprint density at radius 1 is 1.13 bits per heavy atom. The Balaban J connectivity index is 2.10. The van der Waals surface area contributed by atoms with Crippen molar-refractivity contribution in [1.29, 1.82) is 0 Å². The van der Waals surface area contributed by atoms with Gasteiger partial charge in [0.25, 0.3) is 0 Å². The van der Waals surface area contributed by atoms with Crippen molar-refractivity contribution < 1.29 is 0 Å². The number of nitrogens with one attached hydrogen (secondary N) is 1. The molecule has 0 unspecified atom stereocenters. The maximum atomic E-state index is 3.37. The van der Waals surface area contributed by atoms with Gasteiger partial charge in [0.15, 0.2) is 0 Å². The molecule has 1 aromatic rings. The van der Waals surface area contributed by atoms with Crippen LogP contribution in [-0.2, 0) is 6.54 Å². The topological polar surface area (TPSA) is 15.3 Å². The van der Waals surface area contributed by atoms with Crippen LogP contribution in [-0.4, -0.2) is 32.1 Å². The van der Waals surface area contributed by atoms with Crippen LogP contribution < -0.4 is 5.32 Å². The second kappa shape index (κ2) is 7.21. The number of likely N-dealkylation sites (N-methyl/N-ethyl adjacent to an activating group) is 1. The molecule has 0 aliphatic carbocycles. The Kier molecular flexibility index (Phi) is 5.74.